The molecular weight excluding hydrogens is 206 g/mol. The summed E-state index contributed by atoms with van der Waals surface area (Å²) in [4.78, 5) is 11.7. The van der Waals surface area contributed by atoms with E-state index in [1.54, 1.807) is 14.0 Å². The van der Waals surface area contributed by atoms with Gasteiger partial charge in [0.05, 0.1) is 13.2 Å². The summed E-state index contributed by atoms with van der Waals surface area (Å²) in [6.07, 6.45) is 0.641. The largest absolute Gasteiger partial charge is 0.375 e. The van der Waals surface area contributed by atoms with Crippen LogP contribution in [0.25, 0.3) is 0 Å². The van der Waals surface area contributed by atoms with Gasteiger partial charge in [-0.3, -0.25) is 4.79 Å². The molecule has 4 heteroatoms. The third-order valence-corrected chi connectivity index (χ3v) is 2.49. The normalized spacial score (nSPS) is 14.2. The number of carbonyl (C=O) groups excluding carboxylic acids is 1. The molecule has 0 aromatic carbocycles. The van der Waals surface area contributed by atoms with Crippen LogP contribution in [0.15, 0.2) is 12.2 Å². The van der Waals surface area contributed by atoms with E-state index in [4.69, 9.17) is 9.47 Å². The van der Waals surface area contributed by atoms with Gasteiger partial charge in [0.15, 0.2) is 0 Å². The van der Waals surface area contributed by atoms with Crippen LogP contribution in [-0.4, -0.2) is 38.4 Å². The second-order valence-corrected chi connectivity index (χ2v) is 4.05. The Kier molecular flexibility index (Phi) is 7.01. The van der Waals surface area contributed by atoms with Crippen LogP contribution >= 0.6 is 0 Å². The third kappa shape index (κ3) is 5.28. The van der Waals surface area contributed by atoms with Gasteiger partial charge >= 0.3 is 0 Å². The highest BCUT2D eigenvalue weighted by molar-refractivity contribution is 5.84. The van der Waals surface area contributed by atoms with E-state index < -0.39 is 5.60 Å². The lowest BCUT2D eigenvalue weighted by molar-refractivity contribution is -0.142. The molecule has 1 N–H and O–H groups in total. The molecule has 0 bridgehead atoms. The van der Waals surface area contributed by atoms with Crippen LogP contribution in [0.5, 0.6) is 0 Å². The minimum atomic E-state index is -0.742. The molecule has 1 unspecified atom stereocenters. The third-order valence-electron chi connectivity index (χ3n) is 2.49. The summed E-state index contributed by atoms with van der Waals surface area (Å²) in [6.45, 7) is 10.8. The number of hydrogen-bond donors (Lipinski definition) is 1. The highest BCUT2D eigenvalue weighted by Crippen LogP contribution is 2.13. The van der Waals surface area contributed by atoms with Crippen molar-refractivity contribution in [3.8, 4) is 0 Å². The van der Waals surface area contributed by atoms with E-state index in [-0.39, 0.29) is 5.91 Å². The van der Waals surface area contributed by atoms with E-state index in [1.807, 2.05) is 13.8 Å². The highest BCUT2D eigenvalue weighted by Gasteiger charge is 2.30. The lowest BCUT2D eigenvalue weighted by Crippen LogP contribution is -2.46. The van der Waals surface area contributed by atoms with Crippen molar-refractivity contribution in [3.63, 3.8) is 0 Å². The molecule has 0 aliphatic rings. The first-order valence-electron chi connectivity index (χ1n) is 5.52. The second-order valence-electron chi connectivity index (χ2n) is 4.05. The van der Waals surface area contributed by atoms with Crippen molar-refractivity contribution in [3.05, 3.63) is 12.2 Å². The zero-order chi connectivity index (χ0) is 12.6. The molecule has 0 aliphatic carbocycles. The van der Waals surface area contributed by atoms with Gasteiger partial charge in [-0.05, 0) is 20.3 Å². The fourth-order valence-electron chi connectivity index (χ4n) is 1.07. The average molecular weight is 229 g/mol. The van der Waals surface area contributed by atoms with Gasteiger partial charge in [0.25, 0.3) is 5.91 Å². The van der Waals surface area contributed by atoms with Crippen molar-refractivity contribution in [2.45, 2.75) is 32.8 Å². The molecule has 0 saturated heterocycles. The molecule has 0 aliphatic heterocycles. The molecular formula is C12H23NO3. The first kappa shape index (κ1) is 15.1. The van der Waals surface area contributed by atoms with Crippen LogP contribution in [-0.2, 0) is 14.3 Å². The molecule has 1 amide bonds. The van der Waals surface area contributed by atoms with Crippen LogP contribution in [0.1, 0.15) is 27.2 Å². The topological polar surface area (TPSA) is 47.6 Å². The Hall–Kier alpha value is -0.870. The second kappa shape index (κ2) is 7.41. The first-order chi connectivity index (χ1) is 7.46. The van der Waals surface area contributed by atoms with Crippen molar-refractivity contribution in [1.29, 1.82) is 0 Å². The Morgan fingerprint density at radius 3 is 2.56 bits per heavy atom. The molecule has 0 fully saturated rings. The molecule has 0 aromatic heterocycles. The molecule has 0 radical (unpaired) electrons. The van der Waals surface area contributed by atoms with Crippen LogP contribution in [0.3, 0.4) is 0 Å². The van der Waals surface area contributed by atoms with Crippen LogP contribution < -0.4 is 5.32 Å². The summed E-state index contributed by atoms with van der Waals surface area (Å²) < 4.78 is 10.4. The standard InChI is InChI=1S/C12H23NO3/c1-6-12(4,15-5)11(14)13-7-8-16-9-10(2)3/h2,6-9H2,1,3-5H3,(H,13,14). The maximum absolute atomic E-state index is 11.7. The van der Waals surface area contributed by atoms with Gasteiger partial charge in [-0.2, -0.15) is 0 Å². The summed E-state index contributed by atoms with van der Waals surface area (Å²) in [5.41, 5.74) is 0.232. The highest BCUT2D eigenvalue weighted by atomic mass is 16.5. The monoisotopic (exact) mass is 229 g/mol. The Labute approximate surface area is 98.0 Å². The fourth-order valence-corrected chi connectivity index (χ4v) is 1.07. The van der Waals surface area contributed by atoms with Gasteiger partial charge in [0.2, 0.25) is 0 Å². The Morgan fingerprint density at radius 1 is 1.50 bits per heavy atom. The van der Waals surface area contributed by atoms with Gasteiger partial charge in [0.1, 0.15) is 5.60 Å². The number of amides is 1. The average Bonchev–Trinajstić information content (AvgIpc) is 2.26. The number of rotatable bonds is 8. The van der Waals surface area contributed by atoms with Gasteiger partial charge in [0, 0.05) is 13.7 Å². The van der Waals surface area contributed by atoms with Crippen molar-refractivity contribution in [2.75, 3.05) is 26.9 Å². The van der Waals surface area contributed by atoms with Crippen LogP contribution in [0.2, 0.25) is 0 Å². The maximum Gasteiger partial charge on any atom is 0.252 e. The summed E-state index contributed by atoms with van der Waals surface area (Å²) in [5, 5.41) is 2.78. The number of methoxy groups -OCH3 is 1. The van der Waals surface area contributed by atoms with Gasteiger partial charge in [-0.25, -0.2) is 0 Å². The molecule has 94 valence electrons. The van der Waals surface area contributed by atoms with Crippen molar-refractivity contribution < 1.29 is 14.3 Å². The zero-order valence-electron chi connectivity index (χ0n) is 10.8. The molecule has 0 rings (SSSR count). The van der Waals surface area contributed by atoms with Gasteiger partial charge in [-0.15, -0.1) is 0 Å². The predicted octanol–water partition coefficient (Wildman–Crippen LogP) is 1.51. The summed E-state index contributed by atoms with van der Waals surface area (Å²) in [6, 6.07) is 0. The van der Waals surface area contributed by atoms with Crippen molar-refractivity contribution in [1.82, 2.24) is 5.32 Å². The minimum absolute atomic E-state index is 0.101. The van der Waals surface area contributed by atoms with E-state index in [0.29, 0.717) is 26.2 Å². The van der Waals surface area contributed by atoms with E-state index in [9.17, 15) is 4.79 Å². The fraction of sp³-hybridized carbons (Fsp3) is 0.750. The summed E-state index contributed by atoms with van der Waals surface area (Å²) in [5.74, 6) is -0.101. The van der Waals surface area contributed by atoms with Crippen molar-refractivity contribution >= 4 is 5.91 Å². The SMILES string of the molecule is C=C(C)COCCNC(=O)C(C)(CC)OC. The van der Waals surface area contributed by atoms with Crippen LogP contribution in [0.4, 0.5) is 0 Å². The molecule has 0 heterocycles. The predicted molar refractivity (Wildman–Crippen MR) is 64.3 cm³/mol. The number of nitrogens with one attached hydrogen (secondary N) is 1. The van der Waals surface area contributed by atoms with E-state index >= 15 is 0 Å². The van der Waals surface area contributed by atoms with E-state index in [1.165, 1.54) is 0 Å². The molecule has 0 saturated carbocycles. The van der Waals surface area contributed by atoms with Crippen molar-refractivity contribution in [2.24, 2.45) is 0 Å². The van der Waals surface area contributed by atoms with E-state index in [0.717, 1.165) is 5.57 Å². The number of ether oxygens (including phenoxy) is 2. The van der Waals surface area contributed by atoms with E-state index in [2.05, 4.69) is 11.9 Å². The molecule has 16 heavy (non-hydrogen) atoms. The van der Waals surface area contributed by atoms with Gasteiger partial charge < -0.3 is 14.8 Å². The quantitative estimate of drug-likeness (QED) is 0.507. The lowest BCUT2D eigenvalue weighted by Gasteiger charge is -2.25. The first-order valence-corrected chi connectivity index (χ1v) is 5.52. The molecule has 4 nitrogen and oxygen atoms in total. The van der Waals surface area contributed by atoms with Gasteiger partial charge in [-0.1, -0.05) is 19.1 Å². The smallest absolute Gasteiger partial charge is 0.252 e. The Morgan fingerprint density at radius 2 is 2.12 bits per heavy atom. The number of hydrogen-bond acceptors (Lipinski definition) is 3. The molecule has 0 spiro atoms. The number of carbonyl (C=O) groups is 1. The molecule has 0 aromatic rings. The summed E-state index contributed by atoms with van der Waals surface area (Å²) >= 11 is 0. The lowest BCUT2D eigenvalue weighted by atomic mass is 10.0. The molecule has 1 atom stereocenters. The Balaban J connectivity index is 3.77. The Bertz CT molecular complexity index is 234. The maximum atomic E-state index is 11.7. The zero-order valence-corrected chi connectivity index (χ0v) is 10.8. The van der Waals surface area contributed by atoms with Crippen LogP contribution in [0, 0.1) is 0 Å². The minimum Gasteiger partial charge on any atom is -0.375 e. The summed E-state index contributed by atoms with van der Waals surface area (Å²) in [7, 11) is 1.54.